The van der Waals surface area contributed by atoms with Crippen LogP contribution in [0.1, 0.15) is 28.7 Å². The van der Waals surface area contributed by atoms with Crippen LogP contribution in [0.4, 0.5) is 0 Å². The Labute approximate surface area is 182 Å². The van der Waals surface area contributed by atoms with Crippen molar-refractivity contribution in [3.63, 3.8) is 0 Å². The first-order valence-electron chi connectivity index (χ1n) is 10.3. The van der Waals surface area contributed by atoms with Crippen LogP contribution in [-0.2, 0) is 22.6 Å². The summed E-state index contributed by atoms with van der Waals surface area (Å²) >= 11 is 0. The Bertz CT molecular complexity index is 1200. The molecule has 1 N–H and O–H groups in total. The molecule has 0 fully saturated rings. The predicted molar refractivity (Wildman–Crippen MR) is 125 cm³/mol. The number of ether oxygens (including phenoxy) is 1. The summed E-state index contributed by atoms with van der Waals surface area (Å²) in [6, 6.07) is 24.7. The number of hydrogen-bond donors (Lipinski definition) is 1. The van der Waals surface area contributed by atoms with E-state index >= 15 is 0 Å². The molecule has 0 aliphatic heterocycles. The van der Waals surface area contributed by atoms with Gasteiger partial charge in [0.05, 0.1) is 12.1 Å². The molecule has 0 aliphatic carbocycles. The normalized spacial score (nSPS) is 11.4. The second-order valence-electron chi connectivity index (χ2n) is 7.54. The van der Waals surface area contributed by atoms with Crippen molar-refractivity contribution in [1.82, 2.24) is 4.57 Å². The Morgan fingerprint density at radius 3 is 2.42 bits per heavy atom. The summed E-state index contributed by atoms with van der Waals surface area (Å²) in [7, 11) is 1.70. The monoisotopic (exact) mass is 411 g/mol. The Hall–Kier alpha value is -3.63. The van der Waals surface area contributed by atoms with Gasteiger partial charge in [-0.3, -0.25) is 4.79 Å². The lowest BCUT2D eigenvalue weighted by molar-refractivity contribution is -0.136. The van der Waals surface area contributed by atoms with E-state index in [1.165, 1.54) is 0 Å². The average Bonchev–Trinajstić information content (AvgIpc) is 3.15. The quantitative estimate of drug-likeness (QED) is 0.389. The molecule has 0 unspecified atom stereocenters. The summed E-state index contributed by atoms with van der Waals surface area (Å²) in [5, 5.41) is 10.1. The number of nitrogens with zero attached hydrogens (tertiary/aromatic N) is 1. The van der Waals surface area contributed by atoms with Gasteiger partial charge in [-0.15, -0.1) is 0 Å². The van der Waals surface area contributed by atoms with Crippen molar-refractivity contribution in [2.45, 2.75) is 19.4 Å². The van der Waals surface area contributed by atoms with E-state index in [1.807, 2.05) is 24.3 Å². The molecular weight excluding hydrogens is 386 g/mol. The Kier molecular flexibility index (Phi) is 6.29. The van der Waals surface area contributed by atoms with E-state index < -0.39 is 5.97 Å². The fourth-order valence-corrected chi connectivity index (χ4v) is 3.73. The molecule has 0 saturated heterocycles. The summed E-state index contributed by atoms with van der Waals surface area (Å²) in [6.45, 7) is 0.588. The van der Waals surface area contributed by atoms with Gasteiger partial charge in [0.2, 0.25) is 0 Å². The minimum Gasteiger partial charge on any atom is -0.481 e. The number of aliphatic carboxylic acids is 1. The van der Waals surface area contributed by atoms with Crippen LogP contribution in [0.15, 0.2) is 79.0 Å². The highest BCUT2D eigenvalue weighted by Crippen LogP contribution is 2.28. The molecule has 0 spiro atoms. The van der Waals surface area contributed by atoms with E-state index in [-0.39, 0.29) is 6.42 Å². The summed E-state index contributed by atoms with van der Waals surface area (Å²) in [4.78, 5) is 11.0. The van der Waals surface area contributed by atoms with E-state index in [2.05, 4.69) is 71.4 Å². The zero-order chi connectivity index (χ0) is 21.6. The zero-order valence-electron chi connectivity index (χ0n) is 17.5. The van der Waals surface area contributed by atoms with Gasteiger partial charge in [-0.25, -0.2) is 0 Å². The second-order valence-corrected chi connectivity index (χ2v) is 7.54. The van der Waals surface area contributed by atoms with Gasteiger partial charge < -0.3 is 14.4 Å². The third kappa shape index (κ3) is 4.93. The van der Waals surface area contributed by atoms with Crippen molar-refractivity contribution in [2.75, 3.05) is 7.11 Å². The topological polar surface area (TPSA) is 51.5 Å². The van der Waals surface area contributed by atoms with Crippen LogP contribution in [0.5, 0.6) is 0 Å². The molecular formula is C27H25NO3. The van der Waals surface area contributed by atoms with Gasteiger partial charge in [-0.1, -0.05) is 60.7 Å². The smallest absolute Gasteiger partial charge is 0.303 e. The summed E-state index contributed by atoms with van der Waals surface area (Å²) < 4.78 is 7.40. The number of carbonyl (C=O) groups is 1. The van der Waals surface area contributed by atoms with Crippen molar-refractivity contribution < 1.29 is 14.6 Å². The average molecular weight is 412 g/mol. The number of fused-ring (bicyclic) bond motifs is 1. The number of rotatable bonds is 8. The minimum absolute atomic E-state index is 0.127. The lowest BCUT2D eigenvalue weighted by Gasteiger charge is -2.07. The zero-order valence-corrected chi connectivity index (χ0v) is 17.5. The largest absolute Gasteiger partial charge is 0.481 e. The number of aromatic nitrogens is 1. The molecule has 0 amide bonds. The maximum absolute atomic E-state index is 11.0. The van der Waals surface area contributed by atoms with E-state index in [1.54, 1.807) is 7.11 Å². The Morgan fingerprint density at radius 1 is 0.968 bits per heavy atom. The predicted octanol–water partition coefficient (Wildman–Crippen LogP) is 5.96. The summed E-state index contributed by atoms with van der Waals surface area (Å²) in [5.41, 5.74) is 6.54. The highest BCUT2D eigenvalue weighted by Gasteiger charge is 2.10. The Balaban J connectivity index is 1.77. The Morgan fingerprint density at radius 2 is 1.71 bits per heavy atom. The van der Waals surface area contributed by atoms with Crippen LogP contribution in [0.3, 0.4) is 0 Å². The standard InChI is InChI=1S/C27H25NO3/c1-31-19-22-8-13-24(14-9-22)28-18-23(12-7-20-5-3-2-4-6-20)25-17-21(10-15-26(25)28)11-16-27(29)30/h2-10,12-15,17-18H,11,16,19H2,1H3,(H,29,30). The lowest BCUT2D eigenvalue weighted by Crippen LogP contribution is -1.97. The van der Waals surface area contributed by atoms with Crippen molar-refractivity contribution >= 4 is 29.0 Å². The first-order valence-corrected chi connectivity index (χ1v) is 10.3. The summed E-state index contributed by atoms with van der Waals surface area (Å²) in [6.07, 6.45) is 7.00. The molecule has 31 heavy (non-hydrogen) atoms. The van der Waals surface area contributed by atoms with Crippen LogP contribution in [0.2, 0.25) is 0 Å². The van der Waals surface area contributed by atoms with Crippen molar-refractivity contribution in [2.24, 2.45) is 0 Å². The lowest BCUT2D eigenvalue weighted by atomic mass is 10.0. The fraction of sp³-hybridized carbons (Fsp3) is 0.148. The molecule has 0 atom stereocenters. The first kappa shape index (κ1) is 20.6. The van der Waals surface area contributed by atoms with Crippen LogP contribution < -0.4 is 0 Å². The number of hydrogen-bond acceptors (Lipinski definition) is 2. The molecule has 4 heteroatoms. The maximum Gasteiger partial charge on any atom is 0.303 e. The van der Waals surface area contributed by atoms with E-state index in [9.17, 15) is 4.79 Å². The molecule has 0 radical (unpaired) electrons. The molecule has 1 aromatic heterocycles. The molecule has 3 aromatic carbocycles. The van der Waals surface area contributed by atoms with Crippen LogP contribution >= 0.6 is 0 Å². The second kappa shape index (κ2) is 9.45. The number of carboxylic acids is 1. The van der Waals surface area contributed by atoms with E-state index in [0.717, 1.165) is 38.8 Å². The van der Waals surface area contributed by atoms with Crippen molar-refractivity contribution in [3.05, 3.63) is 101 Å². The number of benzene rings is 3. The molecule has 4 nitrogen and oxygen atoms in total. The molecule has 0 bridgehead atoms. The molecule has 0 saturated carbocycles. The number of carboxylic acid groups (broad SMARTS) is 1. The van der Waals surface area contributed by atoms with Gasteiger partial charge >= 0.3 is 5.97 Å². The van der Waals surface area contributed by atoms with Gasteiger partial charge in [-0.05, 0) is 47.4 Å². The van der Waals surface area contributed by atoms with Crippen LogP contribution in [0, 0.1) is 0 Å². The van der Waals surface area contributed by atoms with Crippen LogP contribution in [0.25, 0.3) is 28.7 Å². The van der Waals surface area contributed by atoms with E-state index in [4.69, 9.17) is 9.84 Å². The first-order chi connectivity index (χ1) is 15.1. The van der Waals surface area contributed by atoms with Gasteiger partial charge in [0.25, 0.3) is 0 Å². The highest BCUT2D eigenvalue weighted by atomic mass is 16.5. The fourth-order valence-electron chi connectivity index (χ4n) is 3.73. The van der Waals surface area contributed by atoms with Gasteiger partial charge in [0.15, 0.2) is 0 Å². The van der Waals surface area contributed by atoms with Crippen molar-refractivity contribution in [3.8, 4) is 5.69 Å². The third-order valence-electron chi connectivity index (χ3n) is 5.31. The summed E-state index contributed by atoms with van der Waals surface area (Å²) in [5.74, 6) is -0.780. The molecule has 1 heterocycles. The SMILES string of the molecule is COCc1ccc(-n2cc(C=Cc3ccccc3)c3cc(CCC(=O)O)ccc32)cc1. The highest BCUT2D eigenvalue weighted by molar-refractivity contribution is 5.93. The molecule has 156 valence electrons. The minimum atomic E-state index is -0.780. The number of methoxy groups -OCH3 is 1. The van der Waals surface area contributed by atoms with Gasteiger partial charge in [-0.2, -0.15) is 0 Å². The third-order valence-corrected chi connectivity index (χ3v) is 5.31. The number of aryl methyl sites for hydroxylation is 1. The molecule has 4 rings (SSSR count). The van der Waals surface area contributed by atoms with Gasteiger partial charge in [0, 0.05) is 36.4 Å². The molecule has 4 aromatic rings. The van der Waals surface area contributed by atoms with E-state index in [0.29, 0.717) is 13.0 Å². The van der Waals surface area contributed by atoms with Crippen LogP contribution in [-0.4, -0.2) is 22.8 Å². The van der Waals surface area contributed by atoms with Crippen molar-refractivity contribution in [1.29, 1.82) is 0 Å². The maximum atomic E-state index is 11.0. The molecule has 0 aliphatic rings. The van der Waals surface area contributed by atoms with Gasteiger partial charge in [0.1, 0.15) is 0 Å².